The van der Waals surface area contributed by atoms with E-state index in [0.29, 0.717) is 31.4 Å². The molecule has 0 aliphatic heterocycles. The molecule has 2 aromatic rings. The number of benzene rings is 2. The highest BCUT2D eigenvalue weighted by molar-refractivity contribution is 5.94. The van der Waals surface area contributed by atoms with Crippen LogP contribution in [0.5, 0.6) is 5.75 Å². The molecule has 1 aliphatic rings. The summed E-state index contributed by atoms with van der Waals surface area (Å²) in [6, 6.07) is 15.4. The van der Waals surface area contributed by atoms with Gasteiger partial charge in [0.05, 0.1) is 11.8 Å². The van der Waals surface area contributed by atoms with Crippen LogP contribution in [0.3, 0.4) is 0 Å². The van der Waals surface area contributed by atoms with E-state index in [-0.39, 0.29) is 23.7 Å². The average Bonchev–Trinajstić information content (AvgIpc) is 2.59. The predicted molar refractivity (Wildman–Crippen MR) is 93.9 cm³/mol. The number of aliphatic hydroxyl groups excluding tert-OH is 1. The van der Waals surface area contributed by atoms with Gasteiger partial charge < -0.3 is 15.5 Å². The highest BCUT2D eigenvalue weighted by Crippen LogP contribution is 2.29. The third kappa shape index (κ3) is 4.15. The SMILES string of the molecule is O=C(Nc1cc(Cc2ccccc2)ccc1O)C1CCC(O)CC1. The summed E-state index contributed by atoms with van der Waals surface area (Å²) in [6.07, 6.45) is 3.18. The predicted octanol–water partition coefficient (Wildman–Crippen LogP) is 3.47. The average molecular weight is 325 g/mol. The number of rotatable bonds is 4. The standard InChI is InChI=1S/C20H23NO3/c22-17-9-7-16(8-10-17)20(24)21-18-13-15(6-11-19(18)23)12-14-4-2-1-3-5-14/h1-6,11,13,16-17,22-23H,7-10,12H2,(H,21,24). The largest absolute Gasteiger partial charge is 0.506 e. The van der Waals surface area contributed by atoms with E-state index in [9.17, 15) is 15.0 Å². The summed E-state index contributed by atoms with van der Waals surface area (Å²) in [6.45, 7) is 0. The number of aliphatic hydroxyl groups is 1. The van der Waals surface area contributed by atoms with Gasteiger partial charge in [0.2, 0.25) is 5.91 Å². The van der Waals surface area contributed by atoms with E-state index >= 15 is 0 Å². The first-order chi connectivity index (χ1) is 11.6. The summed E-state index contributed by atoms with van der Waals surface area (Å²) in [4.78, 5) is 12.4. The Labute approximate surface area is 142 Å². The summed E-state index contributed by atoms with van der Waals surface area (Å²) in [5, 5.41) is 22.4. The molecule has 24 heavy (non-hydrogen) atoms. The van der Waals surface area contributed by atoms with Gasteiger partial charge >= 0.3 is 0 Å². The van der Waals surface area contributed by atoms with Gasteiger partial charge in [-0.15, -0.1) is 0 Å². The van der Waals surface area contributed by atoms with Crippen molar-refractivity contribution >= 4 is 11.6 Å². The first-order valence-corrected chi connectivity index (χ1v) is 8.46. The maximum Gasteiger partial charge on any atom is 0.227 e. The first kappa shape index (κ1) is 16.5. The van der Waals surface area contributed by atoms with Crippen LogP contribution in [0.15, 0.2) is 48.5 Å². The van der Waals surface area contributed by atoms with E-state index in [2.05, 4.69) is 17.4 Å². The van der Waals surface area contributed by atoms with Crippen molar-refractivity contribution in [1.82, 2.24) is 0 Å². The number of anilines is 1. The van der Waals surface area contributed by atoms with Gasteiger partial charge in [0.15, 0.2) is 0 Å². The van der Waals surface area contributed by atoms with Crippen molar-refractivity contribution in [2.24, 2.45) is 5.92 Å². The second-order valence-electron chi connectivity index (χ2n) is 6.51. The van der Waals surface area contributed by atoms with E-state index in [4.69, 9.17) is 0 Å². The minimum atomic E-state index is -0.281. The molecule has 4 heteroatoms. The number of carbonyl (C=O) groups is 1. The van der Waals surface area contributed by atoms with Crippen LogP contribution in [0, 0.1) is 5.92 Å². The zero-order valence-corrected chi connectivity index (χ0v) is 13.6. The van der Waals surface area contributed by atoms with Crippen LogP contribution >= 0.6 is 0 Å². The lowest BCUT2D eigenvalue weighted by Crippen LogP contribution is -2.28. The maximum absolute atomic E-state index is 12.4. The highest BCUT2D eigenvalue weighted by atomic mass is 16.3. The Morgan fingerprint density at radius 3 is 2.42 bits per heavy atom. The molecule has 0 bridgehead atoms. The number of hydrogen-bond acceptors (Lipinski definition) is 3. The first-order valence-electron chi connectivity index (χ1n) is 8.46. The Kier molecular flexibility index (Phi) is 5.16. The molecule has 0 unspecified atom stereocenters. The smallest absolute Gasteiger partial charge is 0.227 e. The lowest BCUT2D eigenvalue weighted by atomic mass is 9.87. The van der Waals surface area contributed by atoms with E-state index in [1.807, 2.05) is 30.3 Å². The van der Waals surface area contributed by atoms with E-state index in [1.165, 1.54) is 5.56 Å². The minimum Gasteiger partial charge on any atom is -0.506 e. The Morgan fingerprint density at radius 1 is 1.00 bits per heavy atom. The third-order valence-electron chi connectivity index (χ3n) is 4.64. The van der Waals surface area contributed by atoms with Gasteiger partial charge in [-0.05, 0) is 55.4 Å². The molecule has 0 radical (unpaired) electrons. The normalized spacial score (nSPS) is 20.5. The molecule has 126 valence electrons. The molecule has 1 aliphatic carbocycles. The number of aromatic hydroxyl groups is 1. The molecule has 0 atom stereocenters. The van der Waals surface area contributed by atoms with Crippen LogP contribution in [0.4, 0.5) is 5.69 Å². The monoisotopic (exact) mass is 325 g/mol. The number of nitrogens with one attached hydrogen (secondary N) is 1. The van der Waals surface area contributed by atoms with Gasteiger partial charge in [-0.1, -0.05) is 36.4 Å². The Morgan fingerprint density at radius 2 is 1.71 bits per heavy atom. The molecule has 1 amide bonds. The number of carbonyl (C=O) groups excluding carboxylic acids is 1. The fourth-order valence-corrected chi connectivity index (χ4v) is 3.20. The summed E-state index contributed by atoms with van der Waals surface area (Å²) in [5.74, 6) is -0.0874. The molecule has 0 heterocycles. The van der Waals surface area contributed by atoms with Crippen molar-refractivity contribution in [3.63, 3.8) is 0 Å². The fourth-order valence-electron chi connectivity index (χ4n) is 3.20. The van der Waals surface area contributed by atoms with E-state index in [1.54, 1.807) is 6.07 Å². The number of hydrogen-bond donors (Lipinski definition) is 3. The molecule has 1 saturated carbocycles. The summed E-state index contributed by atoms with van der Waals surface area (Å²) in [5.41, 5.74) is 2.68. The van der Waals surface area contributed by atoms with Crippen LogP contribution in [-0.2, 0) is 11.2 Å². The van der Waals surface area contributed by atoms with Crippen molar-refractivity contribution < 1.29 is 15.0 Å². The quantitative estimate of drug-likeness (QED) is 0.754. The number of amides is 1. The number of phenolic OH excluding ortho intramolecular Hbond substituents is 1. The Hall–Kier alpha value is -2.33. The lowest BCUT2D eigenvalue weighted by Gasteiger charge is -2.24. The molecule has 0 saturated heterocycles. The molecular weight excluding hydrogens is 302 g/mol. The van der Waals surface area contributed by atoms with Gasteiger partial charge in [0.25, 0.3) is 0 Å². The molecule has 3 N–H and O–H groups in total. The number of phenols is 1. The van der Waals surface area contributed by atoms with Gasteiger partial charge in [0.1, 0.15) is 5.75 Å². The summed E-state index contributed by atoms with van der Waals surface area (Å²) in [7, 11) is 0. The van der Waals surface area contributed by atoms with Crippen LogP contribution in [-0.4, -0.2) is 22.2 Å². The van der Waals surface area contributed by atoms with Crippen LogP contribution < -0.4 is 5.32 Å². The zero-order chi connectivity index (χ0) is 16.9. The van der Waals surface area contributed by atoms with Crippen molar-refractivity contribution in [3.05, 3.63) is 59.7 Å². The Balaban J connectivity index is 1.68. The molecule has 0 aromatic heterocycles. The van der Waals surface area contributed by atoms with Crippen molar-refractivity contribution in [1.29, 1.82) is 0 Å². The van der Waals surface area contributed by atoms with Crippen LogP contribution in [0.25, 0.3) is 0 Å². The zero-order valence-electron chi connectivity index (χ0n) is 13.6. The van der Waals surface area contributed by atoms with Gasteiger partial charge in [-0.2, -0.15) is 0 Å². The Bertz CT molecular complexity index is 691. The maximum atomic E-state index is 12.4. The molecule has 4 nitrogen and oxygen atoms in total. The van der Waals surface area contributed by atoms with E-state index < -0.39 is 0 Å². The van der Waals surface area contributed by atoms with Crippen LogP contribution in [0.1, 0.15) is 36.8 Å². The van der Waals surface area contributed by atoms with Gasteiger partial charge in [-0.3, -0.25) is 4.79 Å². The minimum absolute atomic E-state index is 0.0749. The lowest BCUT2D eigenvalue weighted by molar-refractivity contribution is -0.121. The van der Waals surface area contributed by atoms with Crippen molar-refractivity contribution in [2.45, 2.75) is 38.2 Å². The van der Waals surface area contributed by atoms with Gasteiger partial charge in [-0.25, -0.2) is 0 Å². The molecule has 1 fully saturated rings. The van der Waals surface area contributed by atoms with Crippen molar-refractivity contribution in [2.75, 3.05) is 5.32 Å². The molecular formula is C20H23NO3. The fraction of sp³-hybridized carbons (Fsp3) is 0.350. The second kappa shape index (κ2) is 7.49. The molecule has 3 rings (SSSR count). The third-order valence-corrected chi connectivity index (χ3v) is 4.64. The van der Waals surface area contributed by atoms with Gasteiger partial charge in [0, 0.05) is 5.92 Å². The summed E-state index contributed by atoms with van der Waals surface area (Å²) < 4.78 is 0. The van der Waals surface area contributed by atoms with Crippen LogP contribution in [0.2, 0.25) is 0 Å². The van der Waals surface area contributed by atoms with Crippen molar-refractivity contribution in [3.8, 4) is 5.75 Å². The topological polar surface area (TPSA) is 69.6 Å². The molecule has 2 aromatic carbocycles. The summed E-state index contributed by atoms with van der Waals surface area (Å²) >= 11 is 0. The second-order valence-corrected chi connectivity index (χ2v) is 6.51. The van der Waals surface area contributed by atoms with E-state index in [0.717, 1.165) is 12.0 Å². The highest BCUT2D eigenvalue weighted by Gasteiger charge is 2.25. The molecule has 0 spiro atoms.